The van der Waals surface area contributed by atoms with Gasteiger partial charge in [0.1, 0.15) is 17.9 Å². The lowest BCUT2D eigenvalue weighted by Gasteiger charge is -2.26. The van der Waals surface area contributed by atoms with Crippen LogP contribution in [-0.2, 0) is 16.2 Å². The summed E-state index contributed by atoms with van der Waals surface area (Å²) in [4.78, 5) is 49.1. The molecule has 1 fully saturated rings. The van der Waals surface area contributed by atoms with Crippen LogP contribution < -0.4 is 15.0 Å². The van der Waals surface area contributed by atoms with E-state index in [-0.39, 0.29) is 23.6 Å². The minimum atomic E-state index is -1.00. The van der Waals surface area contributed by atoms with Crippen LogP contribution >= 0.6 is 11.6 Å². The molecule has 4 amide bonds. The highest BCUT2D eigenvalue weighted by Crippen LogP contribution is 2.28. The first-order chi connectivity index (χ1) is 16.3. The van der Waals surface area contributed by atoms with Crippen LogP contribution in [0.4, 0.5) is 16.2 Å². The van der Waals surface area contributed by atoms with Crippen molar-refractivity contribution < 1.29 is 24.0 Å². The van der Waals surface area contributed by atoms with Crippen molar-refractivity contribution >= 4 is 46.9 Å². The molecule has 1 aliphatic rings. The van der Waals surface area contributed by atoms with Crippen LogP contribution in [0.2, 0.25) is 5.02 Å². The lowest BCUT2D eigenvalue weighted by molar-refractivity contribution is -0.384. The SMILES string of the molecule is O=C1NC(=O)N(c2cccc([N+](=O)[O-])c2)C(=O)C1=Cc1ccccc1OCc1ccccc1Cl. The van der Waals surface area contributed by atoms with Crippen LogP contribution in [-0.4, -0.2) is 22.8 Å². The first-order valence-electron chi connectivity index (χ1n) is 9.96. The highest BCUT2D eigenvalue weighted by Gasteiger charge is 2.37. The maximum atomic E-state index is 13.1. The quantitative estimate of drug-likeness (QED) is 0.242. The van der Waals surface area contributed by atoms with Gasteiger partial charge >= 0.3 is 6.03 Å². The number of rotatable bonds is 6. The van der Waals surface area contributed by atoms with E-state index in [0.717, 1.165) is 11.6 Å². The van der Waals surface area contributed by atoms with E-state index >= 15 is 0 Å². The summed E-state index contributed by atoms with van der Waals surface area (Å²) in [6.07, 6.45) is 1.30. The van der Waals surface area contributed by atoms with E-state index < -0.39 is 22.8 Å². The third-order valence-corrected chi connectivity index (χ3v) is 5.33. The monoisotopic (exact) mass is 477 g/mol. The fourth-order valence-electron chi connectivity index (χ4n) is 3.30. The Balaban J connectivity index is 1.66. The van der Waals surface area contributed by atoms with Gasteiger partial charge in [0.15, 0.2) is 0 Å². The van der Waals surface area contributed by atoms with E-state index in [9.17, 15) is 24.5 Å². The number of para-hydroxylation sites is 1. The number of hydrogen-bond donors (Lipinski definition) is 1. The van der Waals surface area contributed by atoms with Gasteiger partial charge in [0.05, 0.1) is 10.6 Å². The summed E-state index contributed by atoms with van der Waals surface area (Å²) in [6, 6.07) is 17.9. The number of barbiturate groups is 1. The van der Waals surface area contributed by atoms with E-state index in [1.54, 1.807) is 36.4 Å². The molecule has 1 N–H and O–H groups in total. The molecule has 0 spiro atoms. The van der Waals surface area contributed by atoms with Crippen molar-refractivity contribution in [2.24, 2.45) is 0 Å². The molecule has 0 atom stereocenters. The van der Waals surface area contributed by atoms with Crippen LogP contribution in [0.1, 0.15) is 11.1 Å². The summed E-state index contributed by atoms with van der Waals surface area (Å²) in [7, 11) is 0. The van der Waals surface area contributed by atoms with Crippen molar-refractivity contribution in [3.8, 4) is 5.75 Å². The van der Waals surface area contributed by atoms with Gasteiger partial charge in [-0.25, -0.2) is 9.69 Å². The molecule has 3 aromatic rings. The number of imide groups is 2. The van der Waals surface area contributed by atoms with Crippen molar-refractivity contribution in [1.29, 1.82) is 0 Å². The van der Waals surface area contributed by atoms with E-state index in [0.29, 0.717) is 21.2 Å². The third kappa shape index (κ3) is 4.64. The number of nitrogens with zero attached hydrogens (tertiary/aromatic N) is 2. The zero-order chi connectivity index (χ0) is 24.2. The molecule has 9 nitrogen and oxygen atoms in total. The summed E-state index contributed by atoms with van der Waals surface area (Å²) in [5.41, 5.74) is 0.485. The Labute approximate surface area is 198 Å². The second-order valence-electron chi connectivity index (χ2n) is 7.15. The molecular formula is C24H16ClN3O6. The third-order valence-electron chi connectivity index (χ3n) is 4.96. The first-order valence-corrected chi connectivity index (χ1v) is 10.3. The molecule has 34 heavy (non-hydrogen) atoms. The molecule has 1 heterocycles. The van der Waals surface area contributed by atoms with Gasteiger partial charge in [-0.05, 0) is 24.3 Å². The Morgan fingerprint density at radius 2 is 1.74 bits per heavy atom. The zero-order valence-electron chi connectivity index (χ0n) is 17.4. The molecule has 0 bridgehead atoms. The number of carbonyl (C=O) groups excluding carboxylic acids is 3. The number of amides is 4. The second-order valence-corrected chi connectivity index (χ2v) is 7.56. The molecule has 0 aliphatic carbocycles. The average molecular weight is 478 g/mol. The molecule has 170 valence electrons. The number of ether oxygens (including phenoxy) is 1. The molecule has 0 radical (unpaired) electrons. The van der Waals surface area contributed by atoms with Crippen LogP contribution in [0.3, 0.4) is 0 Å². The minimum absolute atomic E-state index is 0.0432. The summed E-state index contributed by atoms with van der Waals surface area (Å²) in [5, 5.41) is 13.7. The highest BCUT2D eigenvalue weighted by molar-refractivity contribution is 6.39. The molecule has 0 saturated carbocycles. The molecule has 3 aromatic carbocycles. The van der Waals surface area contributed by atoms with Gasteiger partial charge in [0.2, 0.25) is 0 Å². The van der Waals surface area contributed by atoms with Gasteiger partial charge in [-0.2, -0.15) is 0 Å². The average Bonchev–Trinajstić information content (AvgIpc) is 2.82. The highest BCUT2D eigenvalue weighted by atomic mass is 35.5. The van der Waals surface area contributed by atoms with E-state index in [1.165, 1.54) is 24.3 Å². The zero-order valence-corrected chi connectivity index (χ0v) is 18.2. The number of hydrogen-bond acceptors (Lipinski definition) is 6. The normalized spacial score (nSPS) is 14.8. The number of benzene rings is 3. The smallest absolute Gasteiger partial charge is 0.335 e. The number of nitrogens with one attached hydrogen (secondary N) is 1. The first kappa shape index (κ1) is 22.7. The number of halogens is 1. The predicted molar refractivity (Wildman–Crippen MR) is 124 cm³/mol. The lowest BCUT2D eigenvalue weighted by Crippen LogP contribution is -2.54. The Bertz CT molecular complexity index is 1350. The molecular weight excluding hydrogens is 462 g/mol. The summed E-state index contributed by atoms with van der Waals surface area (Å²) >= 11 is 6.17. The standard InChI is InChI=1S/C24H16ClN3O6/c25-20-10-3-1-7-16(20)14-34-21-11-4-2-6-15(21)12-19-22(29)26-24(31)27(23(19)30)17-8-5-9-18(13-17)28(32)33/h1-13H,14H2,(H,26,29,31). The molecule has 0 unspecified atom stereocenters. The topological polar surface area (TPSA) is 119 Å². The van der Waals surface area contributed by atoms with Crippen molar-refractivity contribution in [2.75, 3.05) is 4.90 Å². The van der Waals surface area contributed by atoms with Crippen molar-refractivity contribution in [3.05, 3.63) is 105 Å². The van der Waals surface area contributed by atoms with E-state index in [1.807, 2.05) is 12.1 Å². The van der Waals surface area contributed by atoms with Crippen molar-refractivity contribution in [2.45, 2.75) is 6.61 Å². The Kier molecular flexibility index (Phi) is 6.37. The predicted octanol–water partition coefficient (Wildman–Crippen LogP) is 4.49. The van der Waals surface area contributed by atoms with Crippen LogP contribution in [0.15, 0.2) is 78.4 Å². The number of nitro benzene ring substituents is 1. The van der Waals surface area contributed by atoms with Crippen molar-refractivity contribution in [3.63, 3.8) is 0 Å². The van der Waals surface area contributed by atoms with Gasteiger partial charge in [0, 0.05) is 28.3 Å². The largest absolute Gasteiger partial charge is 0.488 e. The number of carbonyl (C=O) groups is 3. The fraction of sp³-hybridized carbons (Fsp3) is 0.0417. The fourth-order valence-corrected chi connectivity index (χ4v) is 3.49. The Hall–Kier alpha value is -4.50. The number of nitro groups is 1. The van der Waals surface area contributed by atoms with Crippen molar-refractivity contribution in [1.82, 2.24) is 5.32 Å². The maximum absolute atomic E-state index is 13.1. The molecule has 1 aliphatic heterocycles. The van der Waals surface area contributed by atoms with Crippen LogP contribution in [0, 0.1) is 10.1 Å². The Morgan fingerprint density at radius 3 is 2.50 bits per heavy atom. The molecule has 10 heteroatoms. The van der Waals surface area contributed by atoms with Gasteiger partial charge in [-0.3, -0.25) is 25.0 Å². The summed E-state index contributed by atoms with van der Waals surface area (Å²) in [5.74, 6) is -1.43. The van der Waals surface area contributed by atoms with Crippen LogP contribution in [0.25, 0.3) is 6.08 Å². The number of urea groups is 1. The summed E-state index contributed by atoms with van der Waals surface area (Å²) < 4.78 is 5.86. The second kappa shape index (κ2) is 9.55. The summed E-state index contributed by atoms with van der Waals surface area (Å²) in [6.45, 7) is 0.151. The van der Waals surface area contributed by atoms with E-state index in [2.05, 4.69) is 5.32 Å². The lowest BCUT2D eigenvalue weighted by atomic mass is 10.1. The van der Waals surface area contributed by atoms with Gasteiger partial charge in [-0.1, -0.05) is 54.1 Å². The molecule has 0 aromatic heterocycles. The number of non-ortho nitro benzene ring substituents is 1. The van der Waals surface area contributed by atoms with E-state index in [4.69, 9.17) is 16.3 Å². The Morgan fingerprint density at radius 1 is 1.00 bits per heavy atom. The maximum Gasteiger partial charge on any atom is 0.335 e. The van der Waals surface area contributed by atoms with Gasteiger partial charge in [0.25, 0.3) is 17.5 Å². The van der Waals surface area contributed by atoms with Gasteiger partial charge < -0.3 is 4.74 Å². The molecule has 4 rings (SSSR count). The number of anilines is 1. The minimum Gasteiger partial charge on any atom is -0.488 e. The molecule has 1 saturated heterocycles. The van der Waals surface area contributed by atoms with Gasteiger partial charge in [-0.15, -0.1) is 0 Å². The van der Waals surface area contributed by atoms with Crippen LogP contribution in [0.5, 0.6) is 5.75 Å².